The SMILES string of the molecule is CCC(C)(C)C1CCC(N)(Cc2ncnn2C(C)C)CC1. The maximum absolute atomic E-state index is 6.69. The summed E-state index contributed by atoms with van der Waals surface area (Å²) in [6.45, 7) is 11.4. The first kappa shape index (κ1) is 16.5. The Morgan fingerprint density at radius 2 is 2.00 bits per heavy atom. The van der Waals surface area contributed by atoms with Crippen molar-refractivity contribution >= 4 is 0 Å². The third kappa shape index (κ3) is 3.65. The Morgan fingerprint density at radius 1 is 1.38 bits per heavy atom. The molecule has 0 aliphatic heterocycles. The topological polar surface area (TPSA) is 56.7 Å². The van der Waals surface area contributed by atoms with E-state index >= 15 is 0 Å². The zero-order valence-electron chi connectivity index (χ0n) is 14.4. The van der Waals surface area contributed by atoms with Crippen molar-refractivity contribution in [1.29, 1.82) is 0 Å². The molecule has 1 aromatic heterocycles. The number of rotatable bonds is 5. The average Bonchev–Trinajstić information content (AvgIpc) is 2.87. The fraction of sp³-hybridized carbons (Fsp3) is 0.882. The molecule has 2 rings (SSSR count). The zero-order valence-corrected chi connectivity index (χ0v) is 14.4. The Balaban J connectivity index is 2.01. The Bertz CT molecular complexity index is 453. The van der Waals surface area contributed by atoms with Gasteiger partial charge in [-0.2, -0.15) is 5.10 Å². The van der Waals surface area contributed by atoms with Crippen LogP contribution in [-0.2, 0) is 6.42 Å². The van der Waals surface area contributed by atoms with Crippen LogP contribution in [0.15, 0.2) is 6.33 Å². The Morgan fingerprint density at radius 3 is 2.52 bits per heavy atom. The van der Waals surface area contributed by atoms with Crippen LogP contribution in [0, 0.1) is 11.3 Å². The molecule has 1 aliphatic rings. The van der Waals surface area contributed by atoms with E-state index in [-0.39, 0.29) is 5.54 Å². The summed E-state index contributed by atoms with van der Waals surface area (Å²) in [5.41, 5.74) is 7.03. The van der Waals surface area contributed by atoms with E-state index in [4.69, 9.17) is 5.73 Å². The van der Waals surface area contributed by atoms with E-state index < -0.39 is 0 Å². The second-order valence-corrected chi connectivity index (χ2v) is 7.87. The fourth-order valence-corrected chi connectivity index (χ4v) is 3.59. The van der Waals surface area contributed by atoms with Gasteiger partial charge in [0, 0.05) is 18.0 Å². The summed E-state index contributed by atoms with van der Waals surface area (Å²) in [5, 5.41) is 4.33. The van der Waals surface area contributed by atoms with Crippen molar-refractivity contribution in [3.05, 3.63) is 12.2 Å². The molecule has 0 atom stereocenters. The molecule has 1 saturated carbocycles. The normalized spacial score (nSPS) is 27.3. The summed E-state index contributed by atoms with van der Waals surface area (Å²) >= 11 is 0. The largest absolute Gasteiger partial charge is 0.325 e. The summed E-state index contributed by atoms with van der Waals surface area (Å²) in [7, 11) is 0. The molecule has 2 N–H and O–H groups in total. The standard InChI is InChI=1S/C17H32N4/c1-6-16(4,5)14-7-9-17(18,10-8-14)11-15-19-12-20-21(15)13(2)3/h12-14H,6-11,18H2,1-5H3. The molecule has 0 aromatic carbocycles. The number of nitrogens with zero attached hydrogens (tertiary/aromatic N) is 3. The third-order valence-electron chi connectivity index (χ3n) is 5.64. The minimum absolute atomic E-state index is 0.0972. The Hall–Kier alpha value is -0.900. The molecule has 1 aliphatic carbocycles. The highest BCUT2D eigenvalue weighted by atomic mass is 15.3. The van der Waals surface area contributed by atoms with E-state index in [1.165, 1.54) is 19.3 Å². The summed E-state index contributed by atoms with van der Waals surface area (Å²) < 4.78 is 2.01. The quantitative estimate of drug-likeness (QED) is 0.899. The second-order valence-electron chi connectivity index (χ2n) is 7.87. The molecular formula is C17H32N4. The van der Waals surface area contributed by atoms with E-state index in [9.17, 15) is 0 Å². The monoisotopic (exact) mass is 292 g/mol. The lowest BCUT2D eigenvalue weighted by atomic mass is 9.65. The van der Waals surface area contributed by atoms with Gasteiger partial charge in [0.15, 0.2) is 0 Å². The van der Waals surface area contributed by atoms with Crippen LogP contribution < -0.4 is 5.73 Å². The van der Waals surface area contributed by atoms with Gasteiger partial charge < -0.3 is 5.73 Å². The van der Waals surface area contributed by atoms with Crippen molar-refractivity contribution in [2.24, 2.45) is 17.1 Å². The first-order chi connectivity index (χ1) is 9.77. The minimum atomic E-state index is -0.0972. The number of hydrogen-bond acceptors (Lipinski definition) is 3. The predicted octanol–water partition coefficient (Wildman–Crippen LogP) is 3.73. The van der Waals surface area contributed by atoms with Crippen molar-refractivity contribution < 1.29 is 0 Å². The molecule has 4 nitrogen and oxygen atoms in total. The van der Waals surface area contributed by atoms with Gasteiger partial charge in [-0.25, -0.2) is 9.67 Å². The molecule has 0 amide bonds. The molecular weight excluding hydrogens is 260 g/mol. The van der Waals surface area contributed by atoms with Crippen molar-refractivity contribution in [2.45, 2.75) is 84.7 Å². The first-order valence-electron chi connectivity index (χ1n) is 8.45. The molecule has 0 spiro atoms. The summed E-state index contributed by atoms with van der Waals surface area (Å²) in [6, 6.07) is 0.349. The van der Waals surface area contributed by atoms with Crippen LogP contribution in [0.3, 0.4) is 0 Å². The predicted molar refractivity (Wildman–Crippen MR) is 87.1 cm³/mol. The van der Waals surface area contributed by atoms with Gasteiger partial charge in [0.25, 0.3) is 0 Å². The van der Waals surface area contributed by atoms with Crippen LogP contribution in [-0.4, -0.2) is 20.3 Å². The van der Waals surface area contributed by atoms with Crippen LogP contribution in [0.25, 0.3) is 0 Å². The lowest BCUT2D eigenvalue weighted by Gasteiger charge is -2.43. The third-order valence-corrected chi connectivity index (χ3v) is 5.64. The highest BCUT2D eigenvalue weighted by molar-refractivity contribution is 5.01. The molecule has 120 valence electrons. The van der Waals surface area contributed by atoms with Crippen molar-refractivity contribution in [3.8, 4) is 0 Å². The van der Waals surface area contributed by atoms with E-state index in [2.05, 4.69) is 44.7 Å². The van der Waals surface area contributed by atoms with Gasteiger partial charge in [-0.3, -0.25) is 0 Å². The van der Waals surface area contributed by atoms with Crippen LogP contribution in [0.4, 0.5) is 0 Å². The molecule has 0 unspecified atom stereocenters. The molecule has 0 radical (unpaired) electrons. The number of hydrogen-bond donors (Lipinski definition) is 1. The summed E-state index contributed by atoms with van der Waals surface area (Å²) in [5.74, 6) is 1.85. The highest BCUT2D eigenvalue weighted by Gasteiger charge is 2.38. The van der Waals surface area contributed by atoms with Crippen molar-refractivity contribution in [1.82, 2.24) is 14.8 Å². The summed E-state index contributed by atoms with van der Waals surface area (Å²) in [6.07, 6.45) is 8.45. The van der Waals surface area contributed by atoms with Gasteiger partial charge in [0.1, 0.15) is 12.2 Å². The van der Waals surface area contributed by atoms with Crippen LogP contribution in [0.2, 0.25) is 0 Å². The van der Waals surface area contributed by atoms with E-state index in [1.54, 1.807) is 6.33 Å². The molecule has 21 heavy (non-hydrogen) atoms. The van der Waals surface area contributed by atoms with Gasteiger partial charge in [0.2, 0.25) is 0 Å². The Kier molecular flexibility index (Phi) is 4.76. The molecule has 0 saturated heterocycles. The molecule has 1 aromatic rings. The highest BCUT2D eigenvalue weighted by Crippen LogP contribution is 2.43. The van der Waals surface area contributed by atoms with Gasteiger partial charge >= 0.3 is 0 Å². The lowest BCUT2D eigenvalue weighted by Crippen LogP contribution is -2.47. The molecule has 1 heterocycles. The molecule has 4 heteroatoms. The van der Waals surface area contributed by atoms with Gasteiger partial charge in [-0.05, 0) is 50.9 Å². The van der Waals surface area contributed by atoms with Gasteiger partial charge in [0.05, 0.1) is 0 Å². The Labute approximate surface area is 129 Å². The number of nitrogens with two attached hydrogens (primary N) is 1. The maximum Gasteiger partial charge on any atom is 0.138 e. The van der Waals surface area contributed by atoms with Gasteiger partial charge in [-0.15, -0.1) is 0 Å². The maximum atomic E-state index is 6.69. The minimum Gasteiger partial charge on any atom is -0.325 e. The fourth-order valence-electron chi connectivity index (χ4n) is 3.59. The zero-order chi connectivity index (χ0) is 15.7. The van der Waals surface area contributed by atoms with Crippen LogP contribution >= 0.6 is 0 Å². The van der Waals surface area contributed by atoms with E-state index in [1.807, 2.05) is 4.68 Å². The lowest BCUT2D eigenvalue weighted by molar-refractivity contribution is 0.114. The molecule has 1 fully saturated rings. The van der Waals surface area contributed by atoms with Crippen LogP contribution in [0.1, 0.15) is 78.6 Å². The smallest absolute Gasteiger partial charge is 0.138 e. The van der Waals surface area contributed by atoms with Crippen molar-refractivity contribution in [3.63, 3.8) is 0 Å². The van der Waals surface area contributed by atoms with Crippen LogP contribution in [0.5, 0.6) is 0 Å². The second kappa shape index (κ2) is 6.07. The van der Waals surface area contributed by atoms with Gasteiger partial charge in [-0.1, -0.05) is 27.2 Å². The molecule has 0 bridgehead atoms. The average molecular weight is 292 g/mol. The van der Waals surface area contributed by atoms with E-state index in [0.717, 1.165) is 31.0 Å². The number of aromatic nitrogens is 3. The summed E-state index contributed by atoms with van der Waals surface area (Å²) in [4.78, 5) is 4.43. The van der Waals surface area contributed by atoms with E-state index in [0.29, 0.717) is 11.5 Å². The van der Waals surface area contributed by atoms with Crippen molar-refractivity contribution in [2.75, 3.05) is 0 Å². The first-order valence-corrected chi connectivity index (χ1v) is 8.45.